The van der Waals surface area contributed by atoms with Gasteiger partial charge in [-0.2, -0.15) is 0 Å². The second kappa shape index (κ2) is 8.77. The van der Waals surface area contributed by atoms with E-state index in [0.29, 0.717) is 24.1 Å². The molecule has 0 saturated heterocycles. The summed E-state index contributed by atoms with van der Waals surface area (Å²) in [6.45, 7) is 8.55. The highest BCUT2D eigenvalue weighted by atomic mass is 16.5. The van der Waals surface area contributed by atoms with E-state index in [4.69, 9.17) is 10.5 Å². The lowest BCUT2D eigenvalue weighted by atomic mass is 9.93. The fourth-order valence-electron chi connectivity index (χ4n) is 2.80. The molecule has 0 aliphatic carbocycles. The van der Waals surface area contributed by atoms with Crippen LogP contribution in [0.5, 0.6) is 5.88 Å². The minimum absolute atomic E-state index is 0.157. The number of nitrogens with zero attached hydrogens (tertiary/aromatic N) is 3. The van der Waals surface area contributed by atoms with E-state index in [1.54, 1.807) is 18.5 Å². The van der Waals surface area contributed by atoms with Gasteiger partial charge in [0.2, 0.25) is 11.8 Å². The molecule has 1 atom stereocenters. The lowest BCUT2D eigenvalue weighted by Crippen LogP contribution is -2.43. The second-order valence-electron chi connectivity index (χ2n) is 7.27. The molecule has 0 aliphatic heterocycles. The SMILES string of the molecule is COC(=O)Nc1nccc(-c2cnc(OC[C@@](C)(N)CC(C)C)c(C)c2)n1. The molecule has 2 aromatic heterocycles. The Labute approximate surface area is 159 Å². The minimum atomic E-state index is -0.628. The number of nitrogens with one attached hydrogen (secondary N) is 1. The predicted octanol–water partition coefficient (Wildman–Crippen LogP) is 3.17. The molecule has 1 amide bonds. The van der Waals surface area contributed by atoms with Crippen molar-refractivity contribution in [1.29, 1.82) is 0 Å². The highest BCUT2D eigenvalue weighted by Crippen LogP contribution is 2.24. The number of hydrogen-bond acceptors (Lipinski definition) is 7. The van der Waals surface area contributed by atoms with Crippen LogP contribution in [0.2, 0.25) is 0 Å². The van der Waals surface area contributed by atoms with E-state index < -0.39 is 11.6 Å². The number of amides is 1. The maximum absolute atomic E-state index is 11.3. The molecule has 2 aromatic rings. The standard InChI is InChI=1S/C19H27N5O3/c1-12(2)9-19(4,20)11-27-16-13(3)8-14(10-22-16)15-6-7-21-17(23-15)24-18(25)26-5/h6-8,10,12H,9,11,20H2,1-5H3,(H,21,23,24,25)/t19-/m0/s1. The van der Waals surface area contributed by atoms with Crippen molar-refractivity contribution >= 4 is 12.0 Å². The molecular weight excluding hydrogens is 346 g/mol. The van der Waals surface area contributed by atoms with Gasteiger partial charge in [-0.15, -0.1) is 0 Å². The number of methoxy groups -OCH3 is 1. The van der Waals surface area contributed by atoms with Crippen molar-refractivity contribution in [2.75, 3.05) is 19.0 Å². The molecule has 27 heavy (non-hydrogen) atoms. The van der Waals surface area contributed by atoms with E-state index in [1.807, 2.05) is 19.9 Å². The summed E-state index contributed by atoms with van der Waals surface area (Å²) in [5, 5.41) is 2.44. The number of carbonyl (C=O) groups is 1. The highest BCUT2D eigenvalue weighted by Gasteiger charge is 2.21. The molecule has 3 N–H and O–H groups in total. The molecule has 8 heteroatoms. The quantitative estimate of drug-likeness (QED) is 0.766. The number of pyridine rings is 1. The minimum Gasteiger partial charge on any atom is -0.476 e. The Kier molecular flexibility index (Phi) is 6.68. The molecule has 0 aliphatic rings. The summed E-state index contributed by atoms with van der Waals surface area (Å²) >= 11 is 0. The van der Waals surface area contributed by atoms with Gasteiger partial charge in [-0.3, -0.25) is 5.32 Å². The molecule has 0 radical (unpaired) electrons. The van der Waals surface area contributed by atoms with Crippen LogP contribution in [0.25, 0.3) is 11.3 Å². The van der Waals surface area contributed by atoms with Gasteiger partial charge in [-0.1, -0.05) is 13.8 Å². The zero-order valence-corrected chi connectivity index (χ0v) is 16.4. The van der Waals surface area contributed by atoms with E-state index in [2.05, 4.69) is 38.9 Å². The van der Waals surface area contributed by atoms with Crippen LogP contribution in [0.15, 0.2) is 24.5 Å². The van der Waals surface area contributed by atoms with Gasteiger partial charge in [-0.05, 0) is 38.3 Å². The van der Waals surface area contributed by atoms with Crippen molar-refractivity contribution in [2.24, 2.45) is 11.7 Å². The Morgan fingerprint density at radius 3 is 2.74 bits per heavy atom. The largest absolute Gasteiger partial charge is 0.476 e. The number of carbonyl (C=O) groups excluding carboxylic acids is 1. The molecule has 0 saturated carbocycles. The van der Waals surface area contributed by atoms with Crippen molar-refractivity contribution in [1.82, 2.24) is 15.0 Å². The van der Waals surface area contributed by atoms with E-state index in [1.165, 1.54) is 7.11 Å². The number of aromatic nitrogens is 3. The van der Waals surface area contributed by atoms with Gasteiger partial charge in [0.05, 0.1) is 12.8 Å². The van der Waals surface area contributed by atoms with Crippen molar-refractivity contribution in [2.45, 2.75) is 39.7 Å². The Morgan fingerprint density at radius 1 is 1.37 bits per heavy atom. The monoisotopic (exact) mass is 373 g/mol. The molecule has 2 rings (SSSR count). The molecule has 0 bridgehead atoms. The molecular formula is C19H27N5O3. The van der Waals surface area contributed by atoms with Gasteiger partial charge < -0.3 is 15.2 Å². The van der Waals surface area contributed by atoms with Crippen LogP contribution >= 0.6 is 0 Å². The van der Waals surface area contributed by atoms with Crippen LogP contribution in [0.4, 0.5) is 10.7 Å². The number of hydrogen-bond donors (Lipinski definition) is 2. The van der Waals surface area contributed by atoms with Gasteiger partial charge in [0, 0.05) is 29.1 Å². The number of rotatable bonds is 7. The summed E-state index contributed by atoms with van der Waals surface area (Å²) in [6, 6.07) is 3.65. The number of anilines is 1. The fraction of sp³-hybridized carbons (Fsp3) is 0.474. The number of aryl methyl sites for hydroxylation is 1. The molecule has 146 valence electrons. The fourth-order valence-corrected chi connectivity index (χ4v) is 2.80. The van der Waals surface area contributed by atoms with E-state index >= 15 is 0 Å². The summed E-state index contributed by atoms with van der Waals surface area (Å²) in [5.74, 6) is 1.19. The van der Waals surface area contributed by atoms with Crippen LogP contribution < -0.4 is 15.8 Å². The normalized spacial score (nSPS) is 13.1. The summed E-state index contributed by atoms with van der Waals surface area (Å²) < 4.78 is 10.4. The van der Waals surface area contributed by atoms with Crippen molar-refractivity contribution in [3.63, 3.8) is 0 Å². The van der Waals surface area contributed by atoms with E-state index in [0.717, 1.165) is 17.5 Å². The van der Waals surface area contributed by atoms with Gasteiger partial charge in [0.15, 0.2) is 0 Å². The Morgan fingerprint density at radius 2 is 2.11 bits per heavy atom. The third kappa shape index (κ3) is 6.18. The zero-order valence-electron chi connectivity index (χ0n) is 16.4. The van der Waals surface area contributed by atoms with Crippen LogP contribution in [-0.2, 0) is 4.74 Å². The summed E-state index contributed by atoms with van der Waals surface area (Å²) in [6.07, 6.45) is 3.46. The smallest absolute Gasteiger partial charge is 0.413 e. The predicted molar refractivity (Wildman–Crippen MR) is 104 cm³/mol. The van der Waals surface area contributed by atoms with Crippen molar-refractivity contribution < 1.29 is 14.3 Å². The summed E-state index contributed by atoms with van der Waals surface area (Å²) in [4.78, 5) is 24.0. The van der Waals surface area contributed by atoms with Crippen LogP contribution in [0.3, 0.4) is 0 Å². The lowest BCUT2D eigenvalue weighted by molar-refractivity contribution is 0.186. The lowest BCUT2D eigenvalue weighted by Gasteiger charge is -2.26. The van der Waals surface area contributed by atoms with Crippen molar-refractivity contribution in [3.8, 4) is 17.1 Å². The van der Waals surface area contributed by atoms with E-state index in [9.17, 15) is 4.79 Å². The Balaban J connectivity index is 2.12. The summed E-state index contributed by atoms with van der Waals surface area (Å²) in [5.41, 5.74) is 8.16. The van der Waals surface area contributed by atoms with E-state index in [-0.39, 0.29) is 5.95 Å². The average Bonchev–Trinajstić information content (AvgIpc) is 2.59. The molecule has 8 nitrogen and oxygen atoms in total. The van der Waals surface area contributed by atoms with Crippen LogP contribution in [0, 0.1) is 12.8 Å². The third-order valence-electron chi connectivity index (χ3n) is 3.79. The number of nitrogens with two attached hydrogens (primary N) is 1. The topological polar surface area (TPSA) is 112 Å². The first-order chi connectivity index (χ1) is 12.7. The maximum Gasteiger partial charge on any atom is 0.413 e. The van der Waals surface area contributed by atoms with Gasteiger partial charge >= 0.3 is 6.09 Å². The van der Waals surface area contributed by atoms with Crippen molar-refractivity contribution in [3.05, 3.63) is 30.1 Å². The first-order valence-corrected chi connectivity index (χ1v) is 8.77. The molecule has 0 spiro atoms. The maximum atomic E-state index is 11.3. The average molecular weight is 373 g/mol. The second-order valence-corrected chi connectivity index (χ2v) is 7.27. The third-order valence-corrected chi connectivity index (χ3v) is 3.79. The van der Waals surface area contributed by atoms with Gasteiger partial charge in [0.25, 0.3) is 0 Å². The number of ether oxygens (including phenoxy) is 2. The highest BCUT2D eigenvalue weighted by molar-refractivity contribution is 5.82. The molecule has 0 fully saturated rings. The first-order valence-electron chi connectivity index (χ1n) is 8.77. The molecule has 2 heterocycles. The molecule has 0 unspecified atom stereocenters. The first kappa shape index (κ1) is 20.6. The Bertz CT molecular complexity index is 793. The molecule has 0 aromatic carbocycles. The van der Waals surface area contributed by atoms with Crippen LogP contribution in [0.1, 0.15) is 32.8 Å². The van der Waals surface area contributed by atoms with Crippen LogP contribution in [-0.4, -0.2) is 40.3 Å². The Hall–Kier alpha value is -2.74. The zero-order chi connectivity index (χ0) is 20.0. The summed E-state index contributed by atoms with van der Waals surface area (Å²) in [7, 11) is 1.28. The van der Waals surface area contributed by atoms with Gasteiger partial charge in [0.1, 0.15) is 6.61 Å². The van der Waals surface area contributed by atoms with Gasteiger partial charge in [-0.25, -0.2) is 19.7 Å².